The van der Waals surface area contributed by atoms with E-state index in [1.165, 1.54) is 6.26 Å². The second-order valence-corrected chi connectivity index (χ2v) is 7.48. The highest BCUT2D eigenvalue weighted by Crippen LogP contribution is 2.20. The van der Waals surface area contributed by atoms with Crippen molar-refractivity contribution in [2.24, 2.45) is 0 Å². The Bertz CT molecular complexity index is 1000. The van der Waals surface area contributed by atoms with Gasteiger partial charge in [0.15, 0.2) is 5.69 Å². The smallest absolute Gasteiger partial charge is 0.275 e. The Morgan fingerprint density at radius 3 is 2.67 bits per heavy atom. The van der Waals surface area contributed by atoms with E-state index in [0.29, 0.717) is 12.3 Å². The van der Waals surface area contributed by atoms with Gasteiger partial charge in [-0.15, -0.1) is 0 Å². The Labute approximate surface area is 174 Å². The summed E-state index contributed by atoms with van der Waals surface area (Å²) in [6.07, 6.45) is 7.34. The lowest BCUT2D eigenvalue weighted by atomic mass is 10.1. The van der Waals surface area contributed by atoms with Crippen molar-refractivity contribution < 1.29 is 14.0 Å². The number of aromatic nitrogens is 3. The van der Waals surface area contributed by atoms with Crippen LogP contribution in [-0.2, 0) is 17.8 Å². The summed E-state index contributed by atoms with van der Waals surface area (Å²) >= 11 is 0. The number of benzene rings is 1. The fraction of sp³-hybridized carbons (Fsp3) is 0.364. The first kappa shape index (κ1) is 19.9. The summed E-state index contributed by atoms with van der Waals surface area (Å²) in [5.74, 6) is 0.792. The lowest BCUT2D eigenvalue weighted by Gasteiger charge is -2.16. The van der Waals surface area contributed by atoms with E-state index in [-0.39, 0.29) is 24.1 Å². The third-order valence-electron chi connectivity index (χ3n) is 5.29. The van der Waals surface area contributed by atoms with Gasteiger partial charge in [-0.3, -0.25) is 9.59 Å². The van der Waals surface area contributed by atoms with Gasteiger partial charge in [0.25, 0.3) is 5.91 Å². The molecule has 0 radical (unpaired) electrons. The minimum atomic E-state index is -0.483. The van der Waals surface area contributed by atoms with Crippen molar-refractivity contribution in [3.05, 3.63) is 72.0 Å². The average Bonchev–Trinajstić information content (AvgIpc) is 3.51. The maximum absolute atomic E-state index is 12.7. The van der Waals surface area contributed by atoms with E-state index < -0.39 is 6.04 Å². The number of rotatable bonds is 7. The molecule has 2 amide bonds. The van der Waals surface area contributed by atoms with Crippen molar-refractivity contribution in [3.8, 4) is 0 Å². The molecule has 1 N–H and O–H groups in total. The molecule has 3 aromatic rings. The molecule has 0 bridgehead atoms. The third-order valence-corrected chi connectivity index (χ3v) is 5.29. The number of carbonyl (C=O) groups is 2. The van der Waals surface area contributed by atoms with E-state index in [1.54, 1.807) is 21.9 Å². The van der Waals surface area contributed by atoms with E-state index in [9.17, 15) is 9.59 Å². The molecular weight excluding hydrogens is 382 g/mol. The molecule has 1 saturated heterocycles. The Morgan fingerprint density at radius 2 is 1.97 bits per heavy atom. The standard InChI is InChI=1S/C22H25N5O3/c1-16-23-9-12-27(16)14-20(28)24-18(13-17-7-3-2-4-8-17)21-25-19(15-30-21)22(29)26-10-5-6-11-26/h2-4,7-9,12,15,18H,5-6,10-11,13-14H2,1H3,(H,24,28)/t18-/m1/s1. The van der Waals surface area contributed by atoms with Crippen LogP contribution in [0.15, 0.2) is 53.4 Å². The largest absolute Gasteiger partial charge is 0.446 e. The van der Waals surface area contributed by atoms with Crippen molar-refractivity contribution in [3.63, 3.8) is 0 Å². The van der Waals surface area contributed by atoms with Crippen molar-refractivity contribution in [1.82, 2.24) is 24.8 Å². The number of aryl methyl sites for hydroxylation is 1. The molecule has 4 rings (SSSR count). The summed E-state index contributed by atoms with van der Waals surface area (Å²) < 4.78 is 7.42. The highest BCUT2D eigenvalue weighted by molar-refractivity contribution is 5.92. The van der Waals surface area contributed by atoms with Crippen molar-refractivity contribution in [2.45, 2.75) is 38.8 Å². The number of likely N-dealkylation sites (tertiary alicyclic amines) is 1. The second-order valence-electron chi connectivity index (χ2n) is 7.48. The SMILES string of the molecule is Cc1nccn1CC(=O)N[C@H](Cc1ccccc1)c1nc(C(=O)N2CCCC2)co1. The van der Waals surface area contributed by atoms with Gasteiger partial charge in [0.1, 0.15) is 24.7 Å². The number of imidazole rings is 1. The van der Waals surface area contributed by atoms with Crippen LogP contribution in [0.3, 0.4) is 0 Å². The first-order chi connectivity index (χ1) is 14.6. The zero-order valence-electron chi connectivity index (χ0n) is 17.0. The highest BCUT2D eigenvalue weighted by atomic mass is 16.3. The molecule has 0 saturated carbocycles. The lowest BCUT2D eigenvalue weighted by Crippen LogP contribution is -2.33. The van der Waals surface area contributed by atoms with Crippen LogP contribution in [0.5, 0.6) is 0 Å². The Kier molecular flexibility index (Phi) is 5.92. The molecule has 0 unspecified atom stereocenters. The zero-order valence-corrected chi connectivity index (χ0v) is 17.0. The van der Waals surface area contributed by atoms with Crippen LogP contribution in [0.4, 0.5) is 0 Å². The molecule has 0 aliphatic carbocycles. The van der Waals surface area contributed by atoms with E-state index >= 15 is 0 Å². The van der Waals surface area contributed by atoms with Crippen LogP contribution < -0.4 is 5.32 Å². The summed E-state index contributed by atoms with van der Waals surface area (Å²) in [5, 5.41) is 3.00. The molecule has 1 fully saturated rings. The molecule has 1 aliphatic rings. The Balaban J connectivity index is 1.52. The lowest BCUT2D eigenvalue weighted by molar-refractivity contribution is -0.122. The Hall–Kier alpha value is -3.42. The number of nitrogens with one attached hydrogen (secondary N) is 1. The number of hydrogen-bond donors (Lipinski definition) is 1. The number of amides is 2. The van der Waals surface area contributed by atoms with Gasteiger partial charge in [-0.05, 0) is 25.3 Å². The summed E-state index contributed by atoms with van der Waals surface area (Å²) in [6, 6.07) is 9.32. The molecule has 8 nitrogen and oxygen atoms in total. The van der Waals surface area contributed by atoms with Gasteiger partial charge in [-0.25, -0.2) is 9.97 Å². The van der Waals surface area contributed by atoms with Crippen LogP contribution in [0, 0.1) is 6.92 Å². The van der Waals surface area contributed by atoms with E-state index in [4.69, 9.17) is 4.42 Å². The van der Waals surface area contributed by atoms with Crippen LogP contribution >= 0.6 is 0 Å². The van der Waals surface area contributed by atoms with Crippen molar-refractivity contribution >= 4 is 11.8 Å². The van der Waals surface area contributed by atoms with Crippen LogP contribution in [0.2, 0.25) is 0 Å². The van der Waals surface area contributed by atoms with Crippen molar-refractivity contribution in [1.29, 1.82) is 0 Å². The van der Waals surface area contributed by atoms with E-state index in [1.807, 2.05) is 37.3 Å². The summed E-state index contributed by atoms with van der Waals surface area (Å²) in [4.78, 5) is 35.7. The van der Waals surface area contributed by atoms with Gasteiger partial charge in [0.05, 0.1) is 0 Å². The van der Waals surface area contributed by atoms with E-state index in [0.717, 1.165) is 37.3 Å². The fourth-order valence-electron chi connectivity index (χ4n) is 3.64. The Morgan fingerprint density at radius 1 is 1.20 bits per heavy atom. The predicted octanol–water partition coefficient (Wildman–Crippen LogP) is 2.52. The van der Waals surface area contributed by atoms with Gasteiger partial charge >= 0.3 is 0 Å². The predicted molar refractivity (Wildman–Crippen MR) is 110 cm³/mol. The molecular formula is C22H25N5O3. The minimum Gasteiger partial charge on any atom is -0.446 e. The van der Waals surface area contributed by atoms with Gasteiger partial charge in [-0.2, -0.15) is 0 Å². The number of carbonyl (C=O) groups excluding carboxylic acids is 2. The summed E-state index contributed by atoms with van der Waals surface area (Å²) in [5.41, 5.74) is 1.32. The van der Waals surface area contributed by atoms with Gasteiger partial charge in [0.2, 0.25) is 11.8 Å². The monoisotopic (exact) mass is 407 g/mol. The van der Waals surface area contributed by atoms with Crippen LogP contribution in [0.1, 0.15) is 46.7 Å². The second kappa shape index (κ2) is 8.94. The molecule has 1 aliphatic heterocycles. The first-order valence-corrected chi connectivity index (χ1v) is 10.2. The number of hydrogen-bond acceptors (Lipinski definition) is 5. The molecule has 2 aromatic heterocycles. The molecule has 156 valence electrons. The molecule has 30 heavy (non-hydrogen) atoms. The number of oxazole rings is 1. The zero-order chi connectivity index (χ0) is 20.9. The normalized spacial score (nSPS) is 14.6. The summed E-state index contributed by atoms with van der Waals surface area (Å²) in [7, 11) is 0. The molecule has 3 heterocycles. The molecule has 1 aromatic carbocycles. The minimum absolute atomic E-state index is 0.124. The maximum atomic E-state index is 12.7. The van der Waals surface area contributed by atoms with Gasteiger partial charge in [-0.1, -0.05) is 30.3 Å². The first-order valence-electron chi connectivity index (χ1n) is 10.2. The molecule has 8 heteroatoms. The van der Waals surface area contributed by atoms with E-state index in [2.05, 4.69) is 15.3 Å². The van der Waals surface area contributed by atoms with Crippen molar-refractivity contribution in [2.75, 3.05) is 13.1 Å². The quantitative estimate of drug-likeness (QED) is 0.650. The van der Waals surface area contributed by atoms with Gasteiger partial charge < -0.3 is 19.2 Å². The maximum Gasteiger partial charge on any atom is 0.275 e. The molecule has 1 atom stereocenters. The third kappa shape index (κ3) is 4.59. The number of nitrogens with zero attached hydrogens (tertiary/aromatic N) is 4. The fourth-order valence-corrected chi connectivity index (χ4v) is 3.64. The molecule has 0 spiro atoms. The highest BCUT2D eigenvalue weighted by Gasteiger charge is 2.26. The van der Waals surface area contributed by atoms with Gasteiger partial charge in [0, 0.05) is 31.9 Å². The summed E-state index contributed by atoms with van der Waals surface area (Å²) in [6.45, 7) is 3.49. The van der Waals surface area contributed by atoms with Crippen LogP contribution in [0.25, 0.3) is 0 Å². The topological polar surface area (TPSA) is 93.3 Å². The van der Waals surface area contributed by atoms with Crippen LogP contribution in [-0.4, -0.2) is 44.3 Å². The average molecular weight is 407 g/mol.